The van der Waals surface area contributed by atoms with Crippen LogP contribution in [0.25, 0.3) is 22.2 Å². The van der Waals surface area contributed by atoms with Gasteiger partial charge in [-0.05, 0) is 25.1 Å². The van der Waals surface area contributed by atoms with Crippen molar-refractivity contribution >= 4 is 22.7 Å². The first-order chi connectivity index (χ1) is 12.4. The molecular weight excluding hydrogens is 332 g/mol. The van der Waals surface area contributed by atoms with E-state index in [0.717, 1.165) is 11.1 Å². The molecule has 0 aliphatic carbocycles. The van der Waals surface area contributed by atoms with Crippen molar-refractivity contribution in [1.29, 1.82) is 0 Å². The molecule has 0 saturated carbocycles. The molecule has 0 bridgehead atoms. The van der Waals surface area contributed by atoms with E-state index in [1.54, 1.807) is 7.05 Å². The summed E-state index contributed by atoms with van der Waals surface area (Å²) in [7, 11) is 1.79. The number of nitrogens with zero attached hydrogens (tertiary/aromatic N) is 1. The zero-order valence-electron chi connectivity index (χ0n) is 14.6. The monoisotopic (exact) mass is 352 g/mol. The molecule has 0 amide bonds. The quantitative estimate of drug-likeness (QED) is 0.612. The van der Waals surface area contributed by atoms with Gasteiger partial charge in [0.1, 0.15) is 11.3 Å². The van der Waals surface area contributed by atoms with Gasteiger partial charge in [0.2, 0.25) is 0 Å². The summed E-state index contributed by atoms with van der Waals surface area (Å²) in [5.41, 5.74) is 8.93. The third-order valence-corrected chi connectivity index (χ3v) is 4.60. The summed E-state index contributed by atoms with van der Waals surface area (Å²) in [5, 5.41) is 19.9. The lowest BCUT2D eigenvalue weighted by Gasteiger charge is -2.10. The van der Waals surface area contributed by atoms with Gasteiger partial charge in [0.05, 0.1) is 16.8 Å². The van der Waals surface area contributed by atoms with Crippen LogP contribution in [0.2, 0.25) is 0 Å². The number of fused-ring (bicyclic) bond motifs is 1. The van der Waals surface area contributed by atoms with Crippen molar-refractivity contribution in [2.24, 2.45) is 12.8 Å². The minimum atomic E-state index is -1.25. The van der Waals surface area contributed by atoms with Crippen LogP contribution in [-0.2, 0) is 7.05 Å². The molecule has 0 aliphatic rings. The Labute approximate surface area is 150 Å². The SMILES string of the molecule is Cc1ccccc1-c1c(C(=O)CCN)c2cc(C(=O)O)c(O)cc2n1C. The van der Waals surface area contributed by atoms with Crippen molar-refractivity contribution in [3.8, 4) is 17.0 Å². The summed E-state index contributed by atoms with van der Waals surface area (Å²) < 4.78 is 1.81. The zero-order chi connectivity index (χ0) is 19.0. The van der Waals surface area contributed by atoms with Crippen molar-refractivity contribution < 1.29 is 19.8 Å². The molecule has 3 aromatic rings. The average Bonchev–Trinajstić information content (AvgIpc) is 2.87. The Morgan fingerprint density at radius 2 is 1.88 bits per heavy atom. The van der Waals surface area contributed by atoms with Crippen LogP contribution in [0.15, 0.2) is 36.4 Å². The molecule has 6 heteroatoms. The van der Waals surface area contributed by atoms with Crippen LogP contribution in [0.5, 0.6) is 5.75 Å². The molecule has 1 aromatic heterocycles. The standard InChI is InChI=1S/C20H20N2O4/c1-11-5-3-4-6-12(11)19-18(16(23)7-8-21)13-9-14(20(25)26)17(24)10-15(13)22(19)2/h3-6,9-10,24H,7-8,21H2,1-2H3,(H,25,26). The third kappa shape index (κ3) is 2.74. The Bertz CT molecular complexity index is 1030. The van der Waals surface area contributed by atoms with Crippen molar-refractivity contribution in [1.82, 2.24) is 4.57 Å². The van der Waals surface area contributed by atoms with Crippen LogP contribution in [0.4, 0.5) is 0 Å². The lowest BCUT2D eigenvalue weighted by atomic mass is 9.96. The first kappa shape index (κ1) is 17.7. The molecule has 0 saturated heterocycles. The molecule has 1 heterocycles. The van der Waals surface area contributed by atoms with Gasteiger partial charge < -0.3 is 20.5 Å². The molecule has 0 fully saturated rings. The summed E-state index contributed by atoms with van der Waals surface area (Å²) >= 11 is 0. The molecule has 0 aliphatic heterocycles. The molecule has 4 N–H and O–H groups in total. The van der Waals surface area contributed by atoms with Crippen LogP contribution in [0.1, 0.15) is 32.7 Å². The Morgan fingerprint density at radius 1 is 1.19 bits per heavy atom. The van der Waals surface area contributed by atoms with E-state index in [9.17, 15) is 19.8 Å². The molecule has 0 unspecified atom stereocenters. The van der Waals surface area contributed by atoms with Gasteiger partial charge in [-0.1, -0.05) is 24.3 Å². The van der Waals surface area contributed by atoms with Crippen molar-refractivity contribution in [3.63, 3.8) is 0 Å². The van der Waals surface area contributed by atoms with Crippen LogP contribution in [-0.4, -0.2) is 33.1 Å². The fourth-order valence-corrected chi connectivity index (χ4v) is 3.33. The number of hydrogen-bond acceptors (Lipinski definition) is 4. The number of rotatable bonds is 5. The second-order valence-corrected chi connectivity index (χ2v) is 6.25. The number of carbonyl (C=O) groups excluding carboxylic acids is 1. The average molecular weight is 352 g/mol. The number of nitrogens with two attached hydrogens (primary N) is 1. The fraction of sp³-hybridized carbons (Fsp3) is 0.200. The van der Waals surface area contributed by atoms with Gasteiger partial charge in [0, 0.05) is 30.5 Å². The fourth-order valence-electron chi connectivity index (χ4n) is 3.33. The van der Waals surface area contributed by atoms with E-state index >= 15 is 0 Å². The molecule has 26 heavy (non-hydrogen) atoms. The maximum absolute atomic E-state index is 12.8. The van der Waals surface area contributed by atoms with E-state index in [-0.39, 0.29) is 30.1 Å². The molecule has 0 atom stereocenters. The molecule has 3 rings (SSSR count). The van der Waals surface area contributed by atoms with Crippen LogP contribution in [0, 0.1) is 6.92 Å². The molecule has 134 valence electrons. The summed E-state index contributed by atoms with van der Waals surface area (Å²) in [5.74, 6) is -1.74. The van der Waals surface area contributed by atoms with E-state index in [4.69, 9.17) is 5.73 Å². The van der Waals surface area contributed by atoms with Gasteiger partial charge in [0.25, 0.3) is 0 Å². The van der Waals surface area contributed by atoms with Crippen LogP contribution >= 0.6 is 0 Å². The minimum Gasteiger partial charge on any atom is -0.507 e. The highest BCUT2D eigenvalue weighted by molar-refractivity contribution is 6.15. The van der Waals surface area contributed by atoms with Gasteiger partial charge >= 0.3 is 5.97 Å². The van der Waals surface area contributed by atoms with Crippen molar-refractivity contribution in [3.05, 3.63) is 53.1 Å². The number of hydrogen-bond donors (Lipinski definition) is 3. The maximum atomic E-state index is 12.8. The number of benzene rings is 2. The number of carbonyl (C=O) groups is 2. The van der Waals surface area contributed by atoms with Gasteiger partial charge in [-0.3, -0.25) is 4.79 Å². The third-order valence-electron chi connectivity index (χ3n) is 4.60. The number of aryl methyl sites for hydroxylation is 2. The van der Waals surface area contributed by atoms with Crippen molar-refractivity contribution in [2.45, 2.75) is 13.3 Å². The summed E-state index contributed by atoms with van der Waals surface area (Å²) in [6.07, 6.45) is 0.154. The van der Waals surface area contributed by atoms with E-state index in [1.807, 2.05) is 35.8 Å². The normalized spacial score (nSPS) is 11.0. The van der Waals surface area contributed by atoms with Crippen LogP contribution < -0.4 is 5.73 Å². The minimum absolute atomic E-state index is 0.154. The molecule has 2 aromatic carbocycles. The number of ketones is 1. The van der Waals surface area contributed by atoms with Crippen molar-refractivity contribution in [2.75, 3.05) is 6.54 Å². The second-order valence-electron chi connectivity index (χ2n) is 6.25. The molecule has 0 radical (unpaired) electrons. The smallest absolute Gasteiger partial charge is 0.339 e. The molecule has 6 nitrogen and oxygen atoms in total. The lowest BCUT2D eigenvalue weighted by Crippen LogP contribution is -2.09. The van der Waals surface area contributed by atoms with E-state index in [2.05, 4.69) is 0 Å². The number of Topliss-reactive ketones (excluding diaryl/α,β-unsaturated/α-hetero) is 1. The highest BCUT2D eigenvalue weighted by Crippen LogP contribution is 2.38. The molecular formula is C20H20N2O4. The lowest BCUT2D eigenvalue weighted by molar-refractivity contribution is 0.0693. The Hall–Kier alpha value is -3.12. The second kappa shape index (κ2) is 6.65. The Kier molecular flexibility index (Phi) is 4.52. The highest BCUT2D eigenvalue weighted by atomic mass is 16.4. The van der Waals surface area contributed by atoms with Gasteiger partial charge in [-0.15, -0.1) is 0 Å². The van der Waals surface area contributed by atoms with Gasteiger partial charge in [-0.25, -0.2) is 4.79 Å². The Morgan fingerprint density at radius 3 is 2.50 bits per heavy atom. The number of aromatic carboxylic acids is 1. The summed E-state index contributed by atoms with van der Waals surface area (Å²) in [6.45, 7) is 2.15. The van der Waals surface area contributed by atoms with Gasteiger partial charge in [0.15, 0.2) is 5.78 Å². The maximum Gasteiger partial charge on any atom is 0.339 e. The van der Waals surface area contributed by atoms with Gasteiger partial charge in [-0.2, -0.15) is 0 Å². The Balaban J connectivity index is 2.45. The summed E-state index contributed by atoms with van der Waals surface area (Å²) in [4.78, 5) is 24.3. The first-order valence-electron chi connectivity index (χ1n) is 8.24. The number of aromatic nitrogens is 1. The molecule has 0 spiro atoms. The largest absolute Gasteiger partial charge is 0.507 e. The topological polar surface area (TPSA) is 106 Å². The first-order valence-corrected chi connectivity index (χ1v) is 8.24. The van der Waals surface area contributed by atoms with E-state index in [0.29, 0.717) is 22.2 Å². The predicted octanol–water partition coefficient (Wildman–Crippen LogP) is 3.09. The van der Waals surface area contributed by atoms with Crippen LogP contribution in [0.3, 0.4) is 0 Å². The summed E-state index contributed by atoms with van der Waals surface area (Å²) in [6, 6.07) is 10.4. The van der Waals surface area contributed by atoms with E-state index < -0.39 is 5.97 Å². The highest BCUT2D eigenvalue weighted by Gasteiger charge is 2.25. The number of carboxylic acids is 1. The number of aromatic hydroxyl groups is 1. The zero-order valence-corrected chi connectivity index (χ0v) is 14.6. The number of carboxylic acid groups (broad SMARTS) is 1. The van der Waals surface area contributed by atoms with E-state index in [1.165, 1.54) is 12.1 Å². The predicted molar refractivity (Wildman–Crippen MR) is 99.7 cm³/mol. The number of phenols is 1.